The lowest BCUT2D eigenvalue weighted by Crippen LogP contribution is -2.00. The Kier molecular flexibility index (Phi) is 4.26. The summed E-state index contributed by atoms with van der Waals surface area (Å²) in [7, 11) is 0. The van der Waals surface area contributed by atoms with E-state index in [1.165, 1.54) is 10.5 Å². The first kappa shape index (κ1) is 13.8. The van der Waals surface area contributed by atoms with E-state index < -0.39 is 0 Å². The zero-order chi connectivity index (χ0) is 14.5. The van der Waals surface area contributed by atoms with Gasteiger partial charge in [-0.1, -0.05) is 12.1 Å². The van der Waals surface area contributed by atoms with Gasteiger partial charge in [-0.05, 0) is 54.3 Å². The van der Waals surface area contributed by atoms with E-state index in [4.69, 9.17) is 0 Å². The smallest absolute Gasteiger partial charge is 0.0647 e. The van der Waals surface area contributed by atoms with Gasteiger partial charge in [-0.2, -0.15) is 5.10 Å². The predicted molar refractivity (Wildman–Crippen MR) is 89.1 cm³/mol. The number of rotatable bonds is 5. The quantitative estimate of drug-likeness (QED) is 0.715. The molecule has 106 valence electrons. The van der Waals surface area contributed by atoms with Gasteiger partial charge >= 0.3 is 0 Å². The van der Waals surface area contributed by atoms with Gasteiger partial charge in [0.25, 0.3) is 0 Å². The molecule has 0 unspecified atom stereocenters. The molecule has 0 atom stereocenters. The molecule has 3 nitrogen and oxygen atoms in total. The van der Waals surface area contributed by atoms with Gasteiger partial charge in [-0.15, -0.1) is 11.8 Å². The maximum atomic E-state index is 4.22. The van der Waals surface area contributed by atoms with Gasteiger partial charge in [0.2, 0.25) is 0 Å². The third-order valence-electron chi connectivity index (χ3n) is 3.29. The fourth-order valence-corrected chi connectivity index (χ4v) is 2.51. The van der Waals surface area contributed by atoms with Crippen LogP contribution in [0.3, 0.4) is 0 Å². The molecule has 1 N–H and O–H groups in total. The molecule has 0 aliphatic rings. The molecule has 21 heavy (non-hydrogen) atoms. The molecule has 0 fully saturated rings. The highest BCUT2D eigenvalue weighted by atomic mass is 32.2. The van der Waals surface area contributed by atoms with Gasteiger partial charge in [-0.25, -0.2) is 4.68 Å². The molecule has 0 aliphatic heterocycles. The van der Waals surface area contributed by atoms with Crippen molar-refractivity contribution in [2.75, 3.05) is 11.6 Å². The van der Waals surface area contributed by atoms with Crippen LogP contribution in [0.15, 0.2) is 71.9 Å². The molecule has 0 saturated heterocycles. The Bertz CT molecular complexity index is 673. The summed E-state index contributed by atoms with van der Waals surface area (Å²) >= 11 is 1.76. The number of nitrogens with one attached hydrogen (secondary N) is 1. The van der Waals surface area contributed by atoms with Crippen LogP contribution in [0.25, 0.3) is 5.69 Å². The van der Waals surface area contributed by atoms with E-state index in [0.29, 0.717) is 0 Å². The number of nitrogens with zero attached hydrogens (tertiary/aromatic N) is 2. The van der Waals surface area contributed by atoms with Gasteiger partial charge in [0.05, 0.1) is 5.69 Å². The Labute approximate surface area is 129 Å². The number of thioether (sulfide) groups is 1. The molecule has 3 aromatic rings. The van der Waals surface area contributed by atoms with Crippen LogP contribution in [0.5, 0.6) is 0 Å². The Morgan fingerprint density at radius 3 is 2.43 bits per heavy atom. The minimum absolute atomic E-state index is 0.829. The standard InChI is InChI=1S/C17H17N3S/c1-21-17-9-3-14(4-10-17)13-18-15-5-7-16(8-6-15)20-12-2-11-19-20/h2-12,18H,13H2,1H3. The summed E-state index contributed by atoms with van der Waals surface area (Å²) < 4.78 is 1.85. The minimum Gasteiger partial charge on any atom is -0.381 e. The van der Waals surface area contributed by atoms with Crippen molar-refractivity contribution in [3.63, 3.8) is 0 Å². The summed E-state index contributed by atoms with van der Waals surface area (Å²) in [5, 5.41) is 7.65. The Morgan fingerprint density at radius 2 is 1.81 bits per heavy atom. The van der Waals surface area contributed by atoms with Gasteiger partial charge < -0.3 is 5.32 Å². The van der Waals surface area contributed by atoms with E-state index in [0.717, 1.165) is 17.9 Å². The number of hydrogen-bond acceptors (Lipinski definition) is 3. The maximum absolute atomic E-state index is 4.22. The molecular weight excluding hydrogens is 278 g/mol. The van der Waals surface area contributed by atoms with Gasteiger partial charge in [0.1, 0.15) is 0 Å². The Hall–Kier alpha value is -2.20. The molecule has 0 aliphatic carbocycles. The number of anilines is 1. The largest absolute Gasteiger partial charge is 0.381 e. The van der Waals surface area contributed by atoms with Gasteiger partial charge in [0.15, 0.2) is 0 Å². The average Bonchev–Trinajstić information content (AvgIpc) is 3.08. The molecule has 3 rings (SSSR count). The first-order valence-electron chi connectivity index (χ1n) is 6.82. The number of aromatic nitrogens is 2. The van der Waals surface area contributed by atoms with Crippen molar-refractivity contribution in [2.45, 2.75) is 11.4 Å². The Morgan fingerprint density at radius 1 is 1.05 bits per heavy atom. The molecule has 0 saturated carbocycles. The minimum atomic E-state index is 0.829. The monoisotopic (exact) mass is 295 g/mol. The summed E-state index contributed by atoms with van der Waals surface area (Å²) in [4.78, 5) is 1.29. The second-order valence-electron chi connectivity index (χ2n) is 4.70. The van der Waals surface area contributed by atoms with E-state index >= 15 is 0 Å². The normalized spacial score (nSPS) is 10.5. The molecule has 0 bridgehead atoms. The van der Waals surface area contributed by atoms with Crippen LogP contribution in [-0.4, -0.2) is 16.0 Å². The summed E-state index contributed by atoms with van der Waals surface area (Å²) in [6.45, 7) is 0.829. The van der Waals surface area contributed by atoms with Crippen molar-refractivity contribution < 1.29 is 0 Å². The lowest BCUT2D eigenvalue weighted by Gasteiger charge is -2.08. The zero-order valence-electron chi connectivity index (χ0n) is 11.9. The first-order chi connectivity index (χ1) is 10.3. The van der Waals surface area contributed by atoms with Gasteiger partial charge in [0, 0.05) is 29.5 Å². The van der Waals surface area contributed by atoms with E-state index in [9.17, 15) is 0 Å². The molecular formula is C17H17N3S. The van der Waals surface area contributed by atoms with Crippen LogP contribution >= 0.6 is 11.8 Å². The van der Waals surface area contributed by atoms with E-state index in [2.05, 4.69) is 65.2 Å². The van der Waals surface area contributed by atoms with Gasteiger partial charge in [-0.3, -0.25) is 0 Å². The number of hydrogen-bond donors (Lipinski definition) is 1. The second kappa shape index (κ2) is 6.50. The molecule has 2 aromatic carbocycles. The molecule has 0 radical (unpaired) electrons. The van der Waals surface area contributed by atoms with Crippen molar-refractivity contribution in [1.82, 2.24) is 9.78 Å². The fourth-order valence-electron chi connectivity index (χ4n) is 2.10. The number of benzene rings is 2. The highest BCUT2D eigenvalue weighted by molar-refractivity contribution is 7.98. The third-order valence-corrected chi connectivity index (χ3v) is 4.04. The van der Waals surface area contributed by atoms with Crippen LogP contribution in [-0.2, 0) is 6.54 Å². The Balaban J connectivity index is 1.62. The van der Waals surface area contributed by atoms with E-state index in [1.807, 2.05) is 16.9 Å². The van der Waals surface area contributed by atoms with E-state index in [1.54, 1.807) is 18.0 Å². The SMILES string of the molecule is CSc1ccc(CNc2ccc(-n3cccn3)cc2)cc1. The fraction of sp³-hybridized carbons (Fsp3) is 0.118. The summed E-state index contributed by atoms with van der Waals surface area (Å²) in [5.74, 6) is 0. The molecule has 4 heteroatoms. The predicted octanol–water partition coefficient (Wildman–Crippen LogP) is 4.21. The van der Waals surface area contributed by atoms with Crippen LogP contribution in [0.1, 0.15) is 5.56 Å². The molecule has 0 amide bonds. The van der Waals surface area contributed by atoms with Crippen LogP contribution < -0.4 is 5.32 Å². The molecule has 0 spiro atoms. The van der Waals surface area contributed by atoms with Crippen molar-refractivity contribution in [2.24, 2.45) is 0 Å². The lowest BCUT2D eigenvalue weighted by atomic mass is 10.2. The molecule has 1 aromatic heterocycles. The summed E-state index contributed by atoms with van der Waals surface area (Å²) in [6.07, 6.45) is 5.81. The first-order valence-corrected chi connectivity index (χ1v) is 8.04. The van der Waals surface area contributed by atoms with Crippen molar-refractivity contribution >= 4 is 17.4 Å². The van der Waals surface area contributed by atoms with E-state index in [-0.39, 0.29) is 0 Å². The van der Waals surface area contributed by atoms with Crippen LogP contribution in [0.2, 0.25) is 0 Å². The topological polar surface area (TPSA) is 29.9 Å². The molecule has 1 heterocycles. The van der Waals surface area contributed by atoms with Crippen molar-refractivity contribution in [1.29, 1.82) is 0 Å². The zero-order valence-corrected chi connectivity index (χ0v) is 12.7. The maximum Gasteiger partial charge on any atom is 0.0647 e. The van der Waals surface area contributed by atoms with Crippen molar-refractivity contribution in [3.05, 3.63) is 72.6 Å². The lowest BCUT2D eigenvalue weighted by molar-refractivity contribution is 0.880. The van der Waals surface area contributed by atoms with Crippen LogP contribution in [0.4, 0.5) is 5.69 Å². The average molecular weight is 295 g/mol. The summed E-state index contributed by atoms with van der Waals surface area (Å²) in [5.41, 5.74) is 3.46. The second-order valence-corrected chi connectivity index (χ2v) is 5.58. The van der Waals surface area contributed by atoms with Crippen LogP contribution in [0, 0.1) is 0 Å². The third kappa shape index (κ3) is 3.47. The van der Waals surface area contributed by atoms with Crippen molar-refractivity contribution in [3.8, 4) is 5.69 Å². The highest BCUT2D eigenvalue weighted by Gasteiger charge is 1.98. The highest BCUT2D eigenvalue weighted by Crippen LogP contribution is 2.17. The summed E-state index contributed by atoms with van der Waals surface area (Å²) in [6, 6.07) is 18.8.